The Morgan fingerprint density at radius 3 is 2.80 bits per heavy atom. The molecule has 0 bridgehead atoms. The number of H-pyrrole nitrogens is 1. The molecule has 2 aromatic carbocycles. The van der Waals surface area contributed by atoms with Crippen LogP contribution in [0.1, 0.15) is 17.2 Å². The number of hydrogen-bond donors (Lipinski definition) is 1. The number of likely N-dealkylation sites (N-methyl/N-ethyl adjacent to an activating group) is 1. The van der Waals surface area contributed by atoms with Gasteiger partial charge in [0.05, 0.1) is 0 Å². The molecule has 5 heteroatoms. The third kappa shape index (κ3) is 3.74. The molecule has 0 aliphatic carbocycles. The van der Waals surface area contributed by atoms with Crippen LogP contribution in [0.3, 0.4) is 0 Å². The van der Waals surface area contributed by atoms with Crippen LogP contribution < -0.4 is 0 Å². The maximum atomic E-state index is 14.8. The number of piperazine rings is 1. The molecule has 3 heterocycles. The van der Waals surface area contributed by atoms with E-state index >= 15 is 0 Å². The molecule has 0 amide bonds. The van der Waals surface area contributed by atoms with Crippen molar-refractivity contribution < 1.29 is 4.39 Å². The van der Waals surface area contributed by atoms with E-state index in [0.717, 1.165) is 47.2 Å². The van der Waals surface area contributed by atoms with Gasteiger partial charge in [-0.3, -0.25) is 9.88 Å². The molecule has 4 aromatic rings. The molecule has 4 nitrogen and oxygen atoms in total. The maximum absolute atomic E-state index is 14.8. The third-order valence-electron chi connectivity index (χ3n) is 6.07. The van der Waals surface area contributed by atoms with Crippen LogP contribution in [0.25, 0.3) is 22.0 Å². The van der Waals surface area contributed by atoms with E-state index in [-0.39, 0.29) is 11.9 Å². The van der Waals surface area contributed by atoms with Gasteiger partial charge in [-0.1, -0.05) is 18.2 Å². The van der Waals surface area contributed by atoms with Crippen LogP contribution in [-0.2, 0) is 6.54 Å². The summed E-state index contributed by atoms with van der Waals surface area (Å²) in [6.07, 6.45) is 5.66. The SMILES string of the molecule is CN1CCN(Cc2cc(-c3ccc4[nH]ccc4c3)ccc2F)C(c2cccnc2)C1. The van der Waals surface area contributed by atoms with Crippen molar-refractivity contribution in [1.29, 1.82) is 0 Å². The zero-order valence-corrected chi connectivity index (χ0v) is 17.1. The Labute approximate surface area is 176 Å². The van der Waals surface area contributed by atoms with Gasteiger partial charge < -0.3 is 9.88 Å². The number of aromatic nitrogens is 2. The molecular formula is C25H25FN4. The number of hydrogen-bond acceptors (Lipinski definition) is 3. The standard InChI is InChI=1S/C25H25FN4/c1-29-11-12-30(25(17-29)21-3-2-9-27-15-21)16-22-14-18(4-6-23(22)26)19-5-7-24-20(13-19)8-10-28-24/h2-10,13-15,25,28H,11-12,16-17H2,1H3. The number of nitrogens with zero attached hydrogens (tertiary/aromatic N) is 3. The van der Waals surface area contributed by atoms with Crippen LogP contribution in [0.15, 0.2) is 73.2 Å². The minimum atomic E-state index is -0.148. The van der Waals surface area contributed by atoms with Gasteiger partial charge >= 0.3 is 0 Å². The van der Waals surface area contributed by atoms with Gasteiger partial charge in [0.15, 0.2) is 0 Å². The summed E-state index contributed by atoms with van der Waals surface area (Å²) in [6, 6.07) is 18.1. The molecule has 30 heavy (non-hydrogen) atoms. The van der Waals surface area contributed by atoms with E-state index in [1.165, 1.54) is 5.56 Å². The summed E-state index contributed by atoms with van der Waals surface area (Å²) >= 11 is 0. The van der Waals surface area contributed by atoms with Crippen molar-refractivity contribution in [3.8, 4) is 11.1 Å². The van der Waals surface area contributed by atoms with Crippen LogP contribution in [0, 0.1) is 5.82 Å². The number of halogens is 1. The summed E-state index contributed by atoms with van der Waals surface area (Å²) in [4.78, 5) is 12.2. The number of fused-ring (bicyclic) bond motifs is 1. The molecule has 5 rings (SSSR count). The predicted molar refractivity (Wildman–Crippen MR) is 119 cm³/mol. The van der Waals surface area contributed by atoms with E-state index in [2.05, 4.69) is 57.1 Å². The van der Waals surface area contributed by atoms with Gasteiger partial charge in [-0.15, -0.1) is 0 Å². The van der Waals surface area contributed by atoms with E-state index in [1.807, 2.05) is 30.6 Å². The lowest BCUT2D eigenvalue weighted by Gasteiger charge is -2.40. The largest absolute Gasteiger partial charge is 0.361 e. The molecule has 0 radical (unpaired) electrons. The van der Waals surface area contributed by atoms with Gasteiger partial charge in [-0.25, -0.2) is 4.39 Å². The summed E-state index contributed by atoms with van der Waals surface area (Å²) in [5.74, 6) is -0.148. The fraction of sp³-hybridized carbons (Fsp3) is 0.240. The Morgan fingerprint density at radius 1 is 1.07 bits per heavy atom. The quantitative estimate of drug-likeness (QED) is 0.531. The molecule has 1 saturated heterocycles. The highest BCUT2D eigenvalue weighted by molar-refractivity contribution is 5.85. The summed E-state index contributed by atoms with van der Waals surface area (Å²) in [5.41, 5.74) is 5.17. The number of nitrogens with one attached hydrogen (secondary N) is 1. The van der Waals surface area contributed by atoms with Crippen LogP contribution in [0.4, 0.5) is 4.39 Å². The minimum Gasteiger partial charge on any atom is -0.361 e. The van der Waals surface area contributed by atoms with Crippen molar-refractivity contribution in [3.05, 3.63) is 90.1 Å². The Hall–Kier alpha value is -3.02. The molecule has 1 fully saturated rings. The molecule has 1 atom stereocenters. The monoisotopic (exact) mass is 400 g/mol. The Morgan fingerprint density at radius 2 is 1.93 bits per heavy atom. The van der Waals surface area contributed by atoms with E-state index < -0.39 is 0 Å². The smallest absolute Gasteiger partial charge is 0.127 e. The maximum Gasteiger partial charge on any atom is 0.127 e. The molecule has 0 saturated carbocycles. The van der Waals surface area contributed by atoms with E-state index in [1.54, 1.807) is 12.3 Å². The highest BCUT2D eigenvalue weighted by Gasteiger charge is 2.27. The zero-order chi connectivity index (χ0) is 20.5. The minimum absolute atomic E-state index is 0.148. The second kappa shape index (κ2) is 8.01. The normalized spacial score (nSPS) is 18.1. The van der Waals surface area contributed by atoms with Crippen LogP contribution in [-0.4, -0.2) is 46.4 Å². The highest BCUT2D eigenvalue weighted by Crippen LogP contribution is 2.30. The first-order chi connectivity index (χ1) is 14.7. The first-order valence-electron chi connectivity index (χ1n) is 10.4. The van der Waals surface area contributed by atoms with Crippen molar-refractivity contribution in [2.75, 3.05) is 26.7 Å². The van der Waals surface area contributed by atoms with E-state index in [0.29, 0.717) is 6.54 Å². The molecule has 1 aliphatic rings. The average Bonchev–Trinajstić information content (AvgIpc) is 3.25. The fourth-order valence-corrected chi connectivity index (χ4v) is 4.36. The summed E-state index contributed by atoms with van der Waals surface area (Å²) < 4.78 is 14.8. The molecule has 1 N–H and O–H groups in total. The predicted octanol–water partition coefficient (Wildman–Crippen LogP) is 4.86. The zero-order valence-electron chi connectivity index (χ0n) is 17.1. The van der Waals surface area contributed by atoms with Crippen molar-refractivity contribution in [3.63, 3.8) is 0 Å². The highest BCUT2D eigenvalue weighted by atomic mass is 19.1. The number of aromatic amines is 1. The first kappa shape index (κ1) is 19.0. The van der Waals surface area contributed by atoms with Gasteiger partial charge in [0.2, 0.25) is 0 Å². The van der Waals surface area contributed by atoms with Gasteiger partial charge in [0, 0.05) is 61.9 Å². The van der Waals surface area contributed by atoms with Crippen LogP contribution in [0.2, 0.25) is 0 Å². The lowest BCUT2D eigenvalue weighted by atomic mass is 9.99. The second-order valence-corrected chi connectivity index (χ2v) is 8.12. The first-order valence-corrected chi connectivity index (χ1v) is 10.4. The molecular weight excluding hydrogens is 375 g/mol. The molecule has 1 aliphatic heterocycles. The van der Waals surface area contributed by atoms with Crippen molar-refractivity contribution >= 4 is 10.9 Å². The number of pyridine rings is 1. The van der Waals surface area contributed by atoms with Gasteiger partial charge in [-0.05, 0) is 65.5 Å². The summed E-state index contributed by atoms with van der Waals surface area (Å²) in [7, 11) is 2.14. The third-order valence-corrected chi connectivity index (χ3v) is 6.07. The number of benzene rings is 2. The van der Waals surface area contributed by atoms with Gasteiger partial charge in [0.25, 0.3) is 0 Å². The summed E-state index contributed by atoms with van der Waals surface area (Å²) in [5, 5.41) is 1.16. The Balaban J connectivity index is 1.45. The molecule has 152 valence electrons. The summed E-state index contributed by atoms with van der Waals surface area (Å²) in [6.45, 7) is 3.37. The molecule has 0 spiro atoms. The number of rotatable bonds is 4. The average molecular weight is 401 g/mol. The topological polar surface area (TPSA) is 35.2 Å². The lowest BCUT2D eigenvalue weighted by Crippen LogP contribution is -2.46. The van der Waals surface area contributed by atoms with Crippen molar-refractivity contribution in [2.45, 2.75) is 12.6 Å². The van der Waals surface area contributed by atoms with Gasteiger partial charge in [-0.2, -0.15) is 0 Å². The second-order valence-electron chi connectivity index (χ2n) is 8.12. The fourth-order valence-electron chi connectivity index (χ4n) is 4.36. The lowest BCUT2D eigenvalue weighted by molar-refractivity contribution is 0.0822. The van der Waals surface area contributed by atoms with E-state index in [9.17, 15) is 4.39 Å². The van der Waals surface area contributed by atoms with Crippen molar-refractivity contribution in [2.24, 2.45) is 0 Å². The van der Waals surface area contributed by atoms with Crippen LogP contribution in [0.5, 0.6) is 0 Å². The molecule has 1 unspecified atom stereocenters. The van der Waals surface area contributed by atoms with Crippen molar-refractivity contribution in [1.82, 2.24) is 19.8 Å². The Kier molecular flexibility index (Phi) is 5.07. The van der Waals surface area contributed by atoms with E-state index in [4.69, 9.17) is 0 Å². The van der Waals surface area contributed by atoms with Gasteiger partial charge in [0.1, 0.15) is 5.82 Å². The Bertz CT molecular complexity index is 1150. The van der Waals surface area contributed by atoms with Crippen LogP contribution >= 0.6 is 0 Å². The molecule has 2 aromatic heterocycles.